The number of rotatable bonds is 4. The second-order valence-corrected chi connectivity index (χ2v) is 4.96. The molecule has 18 heavy (non-hydrogen) atoms. The van der Waals surface area contributed by atoms with Crippen molar-refractivity contribution in [2.45, 2.75) is 13.5 Å². The van der Waals surface area contributed by atoms with Gasteiger partial charge in [0.2, 0.25) is 5.88 Å². The Bertz CT molecular complexity index is 523. The van der Waals surface area contributed by atoms with E-state index in [0.717, 1.165) is 15.9 Å². The molecule has 1 heterocycles. The van der Waals surface area contributed by atoms with E-state index in [-0.39, 0.29) is 0 Å². The van der Waals surface area contributed by atoms with Crippen LogP contribution in [0.1, 0.15) is 11.3 Å². The molecule has 94 valence electrons. The standard InChI is InChI=1S/C14H15BrN2O/c1-10-6-11(15)8-13(7-10)16-9-12-4-3-5-14(17-12)18-2/h3-8,16H,9H2,1-2H3. The summed E-state index contributed by atoms with van der Waals surface area (Å²) in [6, 6.07) is 12.0. The Hall–Kier alpha value is -1.55. The number of pyridine rings is 1. The maximum absolute atomic E-state index is 5.10. The maximum Gasteiger partial charge on any atom is 0.213 e. The van der Waals surface area contributed by atoms with Gasteiger partial charge in [-0.1, -0.05) is 22.0 Å². The molecule has 2 rings (SSSR count). The highest BCUT2D eigenvalue weighted by Crippen LogP contribution is 2.19. The fourth-order valence-electron chi connectivity index (χ4n) is 1.70. The third-order valence-corrected chi connectivity index (χ3v) is 2.96. The van der Waals surface area contributed by atoms with Crippen molar-refractivity contribution in [3.8, 4) is 5.88 Å². The van der Waals surface area contributed by atoms with Crippen molar-refractivity contribution < 1.29 is 4.74 Å². The van der Waals surface area contributed by atoms with E-state index in [1.165, 1.54) is 5.56 Å². The van der Waals surface area contributed by atoms with Crippen LogP contribution >= 0.6 is 15.9 Å². The van der Waals surface area contributed by atoms with Crippen molar-refractivity contribution in [2.24, 2.45) is 0 Å². The lowest BCUT2D eigenvalue weighted by molar-refractivity contribution is 0.396. The first-order valence-electron chi connectivity index (χ1n) is 5.68. The van der Waals surface area contributed by atoms with Gasteiger partial charge in [0.1, 0.15) is 0 Å². The van der Waals surface area contributed by atoms with Crippen LogP contribution in [0.3, 0.4) is 0 Å². The van der Waals surface area contributed by atoms with Gasteiger partial charge in [-0.3, -0.25) is 0 Å². The van der Waals surface area contributed by atoms with Crippen molar-refractivity contribution >= 4 is 21.6 Å². The second-order valence-electron chi connectivity index (χ2n) is 4.04. The van der Waals surface area contributed by atoms with Crippen LogP contribution in [0.4, 0.5) is 5.69 Å². The highest BCUT2D eigenvalue weighted by Gasteiger charge is 1.99. The molecule has 0 aliphatic carbocycles. The Kier molecular flexibility index (Phi) is 4.20. The van der Waals surface area contributed by atoms with Crippen molar-refractivity contribution in [2.75, 3.05) is 12.4 Å². The number of halogens is 1. The molecule has 0 saturated heterocycles. The number of methoxy groups -OCH3 is 1. The lowest BCUT2D eigenvalue weighted by atomic mass is 10.2. The molecule has 1 aromatic carbocycles. The number of nitrogens with one attached hydrogen (secondary N) is 1. The van der Waals surface area contributed by atoms with Crippen LogP contribution < -0.4 is 10.1 Å². The highest BCUT2D eigenvalue weighted by molar-refractivity contribution is 9.10. The number of nitrogens with zero attached hydrogens (tertiary/aromatic N) is 1. The molecule has 0 aliphatic heterocycles. The zero-order chi connectivity index (χ0) is 13.0. The normalized spacial score (nSPS) is 10.2. The largest absolute Gasteiger partial charge is 0.481 e. The smallest absolute Gasteiger partial charge is 0.213 e. The van der Waals surface area contributed by atoms with Gasteiger partial charge < -0.3 is 10.1 Å². The molecule has 0 saturated carbocycles. The minimum atomic E-state index is 0.639. The van der Waals surface area contributed by atoms with E-state index in [9.17, 15) is 0 Å². The second kappa shape index (κ2) is 5.87. The molecule has 0 amide bonds. The number of anilines is 1. The zero-order valence-corrected chi connectivity index (χ0v) is 12.0. The first-order valence-corrected chi connectivity index (χ1v) is 6.47. The Morgan fingerprint density at radius 2 is 2.11 bits per heavy atom. The summed E-state index contributed by atoms with van der Waals surface area (Å²) in [5.74, 6) is 0.639. The summed E-state index contributed by atoms with van der Waals surface area (Å²) in [7, 11) is 1.62. The number of aromatic nitrogens is 1. The number of aryl methyl sites for hydroxylation is 1. The molecule has 0 atom stereocenters. The van der Waals surface area contributed by atoms with Crippen LogP contribution in [0, 0.1) is 6.92 Å². The molecule has 0 spiro atoms. The van der Waals surface area contributed by atoms with Gasteiger partial charge in [-0.15, -0.1) is 0 Å². The predicted molar refractivity (Wildman–Crippen MR) is 77.0 cm³/mol. The van der Waals surface area contributed by atoms with Crippen molar-refractivity contribution in [3.63, 3.8) is 0 Å². The van der Waals surface area contributed by atoms with Gasteiger partial charge in [-0.2, -0.15) is 0 Å². The average molecular weight is 307 g/mol. The molecule has 1 aromatic heterocycles. The number of benzene rings is 1. The molecular weight excluding hydrogens is 292 g/mol. The fourth-order valence-corrected chi connectivity index (χ4v) is 2.31. The first-order chi connectivity index (χ1) is 8.67. The van der Waals surface area contributed by atoms with E-state index in [0.29, 0.717) is 12.4 Å². The van der Waals surface area contributed by atoms with E-state index in [1.54, 1.807) is 7.11 Å². The van der Waals surface area contributed by atoms with Crippen molar-refractivity contribution in [3.05, 3.63) is 52.1 Å². The van der Waals surface area contributed by atoms with E-state index < -0.39 is 0 Å². The summed E-state index contributed by atoms with van der Waals surface area (Å²) in [6.45, 7) is 2.74. The van der Waals surface area contributed by atoms with Gasteiger partial charge in [-0.25, -0.2) is 4.98 Å². The lowest BCUT2D eigenvalue weighted by Gasteiger charge is -2.08. The first kappa shape index (κ1) is 12.9. The van der Waals surface area contributed by atoms with Crippen LogP contribution in [0.2, 0.25) is 0 Å². The van der Waals surface area contributed by atoms with E-state index in [1.807, 2.05) is 24.3 Å². The minimum Gasteiger partial charge on any atom is -0.481 e. The Balaban J connectivity index is 2.06. The topological polar surface area (TPSA) is 34.1 Å². The van der Waals surface area contributed by atoms with Crippen LogP contribution in [-0.2, 0) is 6.54 Å². The van der Waals surface area contributed by atoms with Crippen molar-refractivity contribution in [1.82, 2.24) is 4.98 Å². The number of ether oxygens (including phenoxy) is 1. The molecule has 0 unspecified atom stereocenters. The summed E-state index contributed by atoms with van der Waals surface area (Å²) in [5.41, 5.74) is 3.24. The van der Waals surface area contributed by atoms with E-state index >= 15 is 0 Å². The molecule has 3 nitrogen and oxygen atoms in total. The average Bonchev–Trinajstić information content (AvgIpc) is 2.35. The molecular formula is C14H15BrN2O. The minimum absolute atomic E-state index is 0.639. The molecule has 0 bridgehead atoms. The SMILES string of the molecule is COc1cccc(CNc2cc(C)cc(Br)c2)n1. The van der Waals surface area contributed by atoms with Gasteiger partial charge in [-0.05, 0) is 36.8 Å². The van der Waals surface area contributed by atoms with Crippen LogP contribution in [-0.4, -0.2) is 12.1 Å². The molecule has 2 aromatic rings. The van der Waals surface area contributed by atoms with Crippen LogP contribution in [0.15, 0.2) is 40.9 Å². The molecule has 1 N–H and O–H groups in total. The Morgan fingerprint density at radius 3 is 2.83 bits per heavy atom. The third-order valence-electron chi connectivity index (χ3n) is 2.51. The molecule has 4 heteroatoms. The summed E-state index contributed by atoms with van der Waals surface area (Å²) in [5, 5.41) is 3.35. The van der Waals surface area contributed by atoms with Crippen LogP contribution in [0.25, 0.3) is 0 Å². The molecule has 0 radical (unpaired) electrons. The summed E-state index contributed by atoms with van der Waals surface area (Å²) < 4.78 is 6.17. The predicted octanol–water partition coefficient (Wildman–Crippen LogP) is 3.77. The summed E-state index contributed by atoms with van der Waals surface area (Å²) >= 11 is 3.49. The van der Waals surface area contributed by atoms with Crippen LogP contribution in [0.5, 0.6) is 5.88 Å². The molecule has 0 aliphatic rings. The maximum atomic E-state index is 5.10. The van der Waals surface area contributed by atoms with Gasteiger partial charge in [0, 0.05) is 16.2 Å². The number of hydrogen-bond acceptors (Lipinski definition) is 3. The van der Waals surface area contributed by atoms with E-state index in [2.05, 4.69) is 45.3 Å². The quantitative estimate of drug-likeness (QED) is 0.933. The Morgan fingerprint density at radius 1 is 1.28 bits per heavy atom. The molecule has 0 fully saturated rings. The number of hydrogen-bond donors (Lipinski definition) is 1. The Labute approximate surface area is 115 Å². The zero-order valence-electron chi connectivity index (χ0n) is 10.4. The third kappa shape index (κ3) is 3.47. The monoisotopic (exact) mass is 306 g/mol. The van der Waals surface area contributed by atoms with Gasteiger partial charge >= 0.3 is 0 Å². The fraction of sp³-hybridized carbons (Fsp3) is 0.214. The lowest BCUT2D eigenvalue weighted by Crippen LogP contribution is -2.02. The van der Waals surface area contributed by atoms with Crippen molar-refractivity contribution in [1.29, 1.82) is 0 Å². The summed E-state index contributed by atoms with van der Waals surface area (Å²) in [4.78, 5) is 4.35. The van der Waals surface area contributed by atoms with Gasteiger partial charge in [0.25, 0.3) is 0 Å². The summed E-state index contributed by atoms with van der Waals surface area (Å²) in [6.07, 6.45) is 0. The van der Waals surface area contributed by atoms with Gasteiger partial charge in [0.05, 0.1) is 19.3 Å². The van der Waals surface area contributed by atoms with Gasteiger partial charge in [0.15, 0.2) is 0 Å². The highest BCUT2D eigenvalue weighted by atomic mass is 79.9. The van der Waals surface area contributed by atoms with E-state index in [4.69, 9.17) is 4.74 Å².